The second-order valence-electron chi connectivity index (χ2n) is 8.94. The van der Waals surface area contributed by atoms with Gasteiger partial charge in [-0.1, -0.05) is 12.1 Å². The number of halogens is 3. The van der Waals surface area contributed by atoms with E-state index >= 15 is 0 Å². The number of nitrogens with zero attached hydrogens (tertiary/aromatic N) is 2. The Kier molecular flexibility index (Phi) is 5.40. The maximum Gasteiger partial charge on any atom is 0.323 e. The van der Waals surface area contributed by atoms with Gasteiger partial charge in [-0.25, -0.2) is 18.0 Å². The van der Waals surface area contributed by atoms with Crippen LogP contribution in [0.4, 0.5) is 23.7 Å². The molecule has 35 heavy (non-hydrogen) atoms. The van der Waals surface area contributed by atoms with E-state index in [2.05, 4.69) is 9.88 Å². The van der Waals surface area contributed by atoms with Crippen LogP contribution in [-0.4, -0.2) is 15.5 Å². The molecule has 0 bridgehead atoms. The van der Waals surface area contributed by atoms with Crippen molar-refractivity contribution in [3.05, 3.63) is 106 Å². The third-order valence-corrected chi connectivity index (χ3v) is 8.11. The van der Waals surface area contributed by atoms with Crippen LogP contribution in [0.3, 0.4) is 0 Å². The average molecular weight is 494 g/mol. The fourth-order valence-electron chi connectivity index (χ4n) is 5.19. The number of rotatable bonds is 2. The van der Waals surface area contributed by atoms with Crippen molar-refractivity contribution < 1.29 is 18.0 Å². The number of hydrogen-bond acceptors (Lipinski definition) is 2. The van der Waals surface area contributed by atoms with E-state index in [9.17, 15) is 18.0 Å². The van der Waals surface area contributed by atoms with Crippen LogP contribution in [0.5, 0.6) is 0 Å². The lowest BCUT2D eigenvalue weighted by molar-refractivity contribution is 0.194. The van der Waals surface area contributed by atoms with Crippen LogP contribution in [0.15, 0.2) is 60.8 Å². The predicted octanol–water partition coefficient (Wildman–Crippen LogP) is 6.97. The number of aryl methyl sites for hydroxylation is 1. The van der Waals surface area contributed by atoms with E-state index in [4.69, 9.17) is 0 Å². The first-order valence-corrected chi connectivity index (χ1v) is 12.4. The minimum Gasteiger partial charge on any atom is -0.310 e. The molecule has 2 aromatic heterocycles. The molecule has 4 nitrogen and oxygen atoms in total. The first-order chi connectivity index (χ1) is 17.0. The molecule has 178 valence electrons. The third-order valence-electron chi connectivity index (χ3n) is 6.77. The van der Waals surface area contributed by atoms with Crippen LogP contribution < -0.4 is 5.32 Å². The number of amides is 2. The number of hydrogen-bond donors (Lipinski definition) is 1. The molecule has 2 amide bonds. The van der Waals surface area contributed by atoms with Crippen molar-refractivity contribution in [2.75, 3.05) is 5.32 Å². The molecule has 2 aliphatic rings. The molecule has 1 atom stereocenters. The smallest absolute Gasteiger partial charge is 0.310 e. The highest BCUT2D eigenvalue weighted by atomic mass is 32.1. The van der Waals surface area contributed by atoms with Crippen molar-refractivity contribution in [3.8, 4) is 5.00 Å². The van der Waals surface area contributed by atoms with Gasteiger partial charge in [-0.15, -0.1) is 11.3 Å². The highest BCUT2D eigenvalue weighted by Gasteiger charge is 2.36. The van der Waals surface area contributed by atoms with E-state index in [0.29, 0.717) is 5.56 Å². The van der Waals surface area contributed by atoms with E-state index in [-0.39, 0.29) is 12.2 Å². The van der Waals surface area contributed by atoms with Gasteiger partial charge in [0.1, 0.15) is 22.5 Å². The summed E-state index contributed by atoms with van der Waals surface area (Å²) in [5, 5.41) is 3.62. The lowest BCUT2D eigenvalue weighted by atomic mass is 9.95. The summed E-state index contributed by atoms with van der Waals surface area (Å²) in [5.74, 6) is -1.79. The van der Waals surface area contributed by atoms with Crippen molar-refractivity contribution in [3.63, 3.8) is 0 Å². The molecule has 4 aromatic rings. The minimum atomic E-state index is -0.728. The number of carbonyl (C=O) groups is 1. The summed E-state index contributed by atoms with van der Waals surface area (Å²) in [7, 11) is 0. The fraction of sp³-hybridized carbons (Fsp3) is 0.222. The van der Waals surface area contributed by atoms with Crippen molar-refractivity contribution in [1.29, 1.82) is 0 Å². The number of urea groups is 1. The maximum absolute atomic E-state index is 14.4. The molecular formula is C27H22F3N3OS. The molecule has 1 N–H and O–H groups in total. The van der Waals surface area contributed by atoms with Crippen LogP contribution in [0, 0.1) is 17.5 Å². The summed E-state index contributed by atoms with van der Waals surface area (Å²) >= 11 is 1.74. The summed E-state index contributed by atoms with van der Waals surface area (Å²) in [6.07, 6.45) is 6.15. The zero-order valence-corrected chi connectivity index (χ0v) is 19.5. The Hall–Kier alpha value is -3.52. The molecule has 0 spiro atoms. The molecule has 1 aliphatic carbocycles. The molecule has 0 radical (unpaired) electrons. The number of fused-ring (bicyclic) bond motifs is 5. The van der Waals surface area contributed by atoms with Crippen LogP contribution in [-0.2, 0) is 19.4 Å². The lowest BCUT2D eigenvalue weighted by Crippen LogP contribution is -2.38. The van der Waals surface area contributed by atoms with Crippen molar-refractivity contribution >= 4 is 23.1 Å². The summed E-state index contributed by atoms with van der Waals surface area (Å²) in [4.78, 5) is 16.6. The average Bonchev–Trinajstić information content (AvgIpc) is 3.43. The van der Waals surface area contributed by atoms with Gasteiger partial charge in [-0.2, -0.15) is 0 Å². The first kappa shape index (κ1) is 22.0. The second-order valence-corrected chi connectivity index (χ2v) is 10.0. The number of carbonyl (C=O) groups excluding carboxylic acids is 1. The Morgan fingerprint density at radius 3 is 2.63 bits per heavy atom. The van der Waals surface area contributed by atoms with Crippen LogP contribution in [0.25, 0.3) is 5.00 Å². The number of thiophene rings is 1. The van der Waals surface area contributed by atoms with Gasteiger partial charge in [0.25, 0.3) is 0 Å². The molecule has 8 heteroatoms. The summed E-state index contributed by atoms with van der Waals surface area (Å²) < 4.78 is 44.6. The SMILES string of the molecule is O=C(Nc1cc(F)ccc1F)N1Cc2c(sc3c2CCCC3)-n2cccc2C1c1cccc(F)c1. The molecular weight excluding hydrogens is 471 g/mol. The van der Waals surface area contributed by atoms with Gasteiger partial charge in [-0.05, 0) is 73.2 Å². The van der Waals surface area contributed by atoms with Crippen molar-refractivity contribution in [1.82, 2.24) is 9.47 Å². The predicted molar refractivity (Wildman–Crippen MR) is 129 cm³/mol. The molecule has 1 unspecified atom stereocenters. The van der Waals surface area contributed by atoms with E-state index in [1.165, 1.54) is 22.6 Å². The zero-order chi connectivity index (χ0) is 24.1. The number of anilines is 1. The van der Waals surface area contributed by atoms with Crippen LogP contribution in [0.2, 0.25) is 0 Å². The Bertz CT molecular complexity index is 1440. The number of aromatic nitrogens is 1. The van der Waals surface area contributed by atoms with Gasteiger partial charge in [0, 0.05) is 22.7 Å². The van der Waals surface area contributed by atoms with E-state index in [0.717, 1.165) is 60.1 Å². The fourth-order valence-corrected chi connectivity index (χ4v) is 6.60. The van der Waals surface area contributed by atoms with Crippen LogP contribution >= 0.6 is 11.3 Å². The second kappa shape index (κ2) is 8.61. The van der Waals surface area contributed by atoms with Gasteiger partial charge in [0.2, 0.25) is 0 Å². The van der Waals surface area contributed by atoms with Gasteiger partial charge in [-0.3, -0.25) is 0 Å². The van der Waals surface area contributed by atoms with Crippen molar-refractivity contribution in [2.45, 2.75) is 38.3 Å². The van der Waals surface area contributed by atoms with Gasteiger partial charge in [0.05, 0.1) is 24.0 Å². The van der Waals surface area contributed by atoms with Gasteiger partial charge < -0.3 is 14.8 Å². The highest BCUT2D eigenvalue weighted by molar-refractivity contribution is 7.15. The molecule has 6 rings (SSSR count). The molecule has 0 fully saturated rings. The standard InChI is InChI=1S/C27H22F3N3OS/c28-17-6-3-5-16(13-17)25-23-8-4-12-32(23)26-20(19-7-1-2-9-24(19)35-26)15-33(25)27(34)31-22-14-18(29)10-11-21(22)30/h3-6,8,10-14,25H,1-2,7,9,15H2,(H,31,34). The monoisotopic (exact) mass is 493 g/mol. The maximum atomic E-state index is 14.4. The van der Waals surface area contributed by atoms with E-state index in [1.54, 1.807) is 28.4 Å². The van der Waals surface area contributed by atoms with E-state index in [1.807, 2.05) is 18.3 Å². The third kappa shape index (κ3) is 3.82. The summed E-state index contributed by atoms with van der Waals surface area (Å²) in [5.41, 5.74) is 3.51. The molecule has 2 aromatic carbocycles. The normalized spacial score (nSPS) is 16.8. The topological polar surface area (TPSA) is 37.3 Å². The largest absolute Gasteiger partial charge is 0.323 e. The number of benzene rings is 2. The summed E-state index contributed by atoms with van der Waals surface area (Å²) in [6.45, 7) is 0.271. The Morgan fingerprint density at radius 1 is 0.943 bits per heavy atom. The molecule has 3 heterocycles. The van der Waals surface area contributed by atoms with Crippen LogP contribution in [0.1, 0.15) is 46.1 Å². The number of nitrogens with one attached hydrogen (secondary N) is 1. The molecule has 0 saturated heterocycles. The Morgan fingerprint density at radius 2 is 1.77 bits per heavy atom. The Balaban J connectivity index is 1.51. The van der Waals surface area contributed by atoms with Gasteiger partial charge >= 0.3 is 6.03 Å². The van der Waals surface area contributed by atoms with Gasteiger partial charge in [0.15, 0.2) is 0 Å². The quantitative estimate of drug-likeness (QED) is 0.322. The highest BCUT2D eigenvalue weighted by Crippen LogP contribution is 2.44. The van der Waals surface area contributed by atoms with E-state index < -0.39 is 29.5 Å². The molecule has 1 aliphatic heterocycles. The summed E-state index contributed by atoms with van der Waals surface area (Å²) in [6, 6.07) is 11.7. The first-order valence-electron chi connectivity index (χ1n) is 11.6. The zero-order valence-electron chi connectivity index (χ0n) is 18.7. The molecule has 0 saturated carbocycles. The Labute approximate surface area is 204 Å². The minimum absolute atomic E-state index is 0.236. The van der Waals surface area contributed by atoms with Crippen molar-refractivity contribution in [2.24, 2.45) is 0 Å². The lowest BCUT2D eigenvalue weighted by Gasteiger charge is -2.31.